The predicted octanol–water partition coefficient (Wildman–Crippen LogP) is 3.43. The average Bonchev–Trinajstić information content (AvgIpc) is 3.09. The highest BCUT2D eigenvalue weighted by atomic mass is 32.1. The Morgan fingerprint density at radius 1 is 1.46 bits per heavy atom. The van der Waals surface area contributed by atoms with Crippen LogP contribution >= 0.6 is 11.3 Å². The summed E-state index contributed by atoms with van der Waals surface area (Å²) in [5.41, 5.74) is 2.34. The topological polar surface area (TPSA) is 69.0 Å². The van der Waals surface area contributed by atoms with Crippen molar-refractivity contribution in [2.45, 2.75) is 12.3 Å². The number of nitrogens with one attached hydrogen (secondary N) is 1. The van der Waals surface area contributed by atoms with Crippen molar-refractivity contribution in [3.63, 3.8) is 0 Å². The number of thiazole rings is 1. The van der Waals surface area contributed by atoms with E-state index in [0.717, 1.165) is 12.0 Å². The maximum absolute atomic E-state index is 13.8. The summed E-state index contributed by atoms with van der Waals surface area (Å²) < 4.78 is 20.5. The first-order chi connectivity index (χ1) is 12.5. The van der Waals surface area contributed by atoms with E-state index in [0.29, 0.717) is 16.4 Å². The standard InChI is InChI=1S/C18H17FN4O2S/c1-23-8-11(7-20-23)12-6-13(12)17(24)22-18-21-15(9-26-18)10-3-4-16(25-2)14(19)5-10/h3-5,7-9,12-13H,6H2,1-2H3,(H,21,22,24). The van der Waals surface area contributed by atoms with Gasteiger partial charge in [0.25, 0.3) is 0 Å². The Morgan fingerprint density at radius 2 is 2.31 bits per heavy atom. The van der Waals surface area contributed by atoms with Crippen molar-refractivity contribution in [3.05, 3.63) is 47.4 Å². The van der Waals surface area contributed by atoms with E-state index in [1.165, 1.54) is 24.5 Å². The molecule has 1 N–H and O–H groups in total. The third kappa shape index (κ3) is 3.20. The minimum Gasteiger partial charge on any atom is -0.494 e. The van der Waals surface area contributed by atoms with E-state index in [2.05, 4.69) is 15.4 Å². The van der Waals surface area contributed by atoms with Crippen LogP contribution in [0.5, 0.6) is 5.75 Å². The Hall–Kier alpha value is -2.74. The Kier molecular flexibility index (Phi) is 4.20. The van der Waals surface area contributed by atoms with Crippen molar-refractivity contribution in [1.29, 1.82) is 0 Å². The van der Waals surface area contributed by atoms with Crippen molar-refractivity contribution >= 4 is 22.4 Å². The van der Waals surface area contributed by atoms with Crippen LogP contribution in [0.3, 0.4) is 0 Å². The first kappa shape index (κ1) is 16.7. The number of nitrogens with zero attached hydrogens (tertiary/aromatic N) is 3. The Labute approximate surface area is 153 Å². The first-order valence-electron chi connectivity index (χ1n) is 8.14. The molecule has 1 saturated carbocycles. The van der Waals surface area contributed by atoms with E-state index < -0.39 is 5.82 Å². The lowest BCUT2D eigenvalue weighted by Gasteiger charge is -2.03. The van der Waals surface area contributed by atoms with Crippen molar-refractivity contribution in [3.8, 4) is 17.0 Å². The number of aromatic nitrogens is 3. The summed E-state index contributed by atoms with van der Waals surface area (Å²) in [5.74, 6) is -0.127. The molecule has 8 heteroatoms. The number of ether oxygens (including phenoxy) is 1. The molecule has 0 aliphatic heterocycles. The highest BCUT2D eigenvalue weighted by molar-refractivity contribution is 7.14. The van der Waals surface area contributed by atoms with Gasteiger partial charge in [0, 0.05) is 30.1 Å². The maximum atomic E-state index is 13.8. The minimum absolute atomic E-state index is 0.0411. The highest BCUT2D eigenvalue weighted by Crippen LogP contribution is 2.48. The molecule has 1 aromatic carbocycles. The van der Waals surface area contributed by atoms with E-state index >= 15 is 0 Å². The van der Waals surface area contributed by atoms with Gasteiger partial charge in [-0.25, -0.2) is 9.37 Å². The van der Waals surface area contributed by atoms with Gasteiger partial charge in [-0.1, -0.05) is 0 Å². The molecule has 1 amide bonds. The molecule has 2 aromatic heterocycles. The lowest BCUT2D eigenvalue weighted by molar-refractivity contribution is -0.117. The van der Waals surface area contributed by atoms with E-state index in [9.17, 15) is 9.18 Å². The van der Waals surface area contributed by atoms with Crippen LogP contribution in [0.25, 0.3) is 11.3 Å². The summed E-state index contributed by atoms with van der Waals surface area (Å²) in [6.07, 6.45) is 4.56. The summed E-state index contributed by atoms with van der Waals surface area (Å²) in [4.78, 5) is 16.8. The van der Waals surface area contributed by atoms with Crippen molar-refractivity contribution < 1.29 is 13.9 Å². The second-order valence-corrected chi connectivity index (χ2v) is 7.13. The zero-order valence-corrected chi connectivity index (χ0v) is 15.1. The molecule has 1 fully saturated rings. The normalized spacial score (nSPS) is 18.6. The monoisotopic (exact) mass is 372 g/mol. The van der Waals surface area contributed by atoms with E-state index in [1.807, 2.05) is 13.2 Å². The fourth-order valence-electron chi connectivity index (χ4n) is 2.97. The Balaban J connectivity index is 1.42. The smallest absolute Gasteiger partial charge is 0.229 e. The van der Waals surface area contributed by atoms with Gasteiger partial charge in [-0.05, 0) is 36.1 Å². The number of carbonyl (C=O) groups excluding carboxylic acids is 1. The number of rotatable bonds is 5. The fraction of sp³-hybridized carbons (Fsp3) is 0.278. The second kappa shape index (κ2) is 6.53. The molecule has 0 radical (unpaired) electrons. The summed E-state index contributed by atoms with van der Waals surface area (Å²) in [6, 6.07) is 4.67. The average molecular weight is 372 g/mol. The van der Waals surface area contributed by atoms with Crippen LogP contribution in [0.15, 0.2) is 36.0 Å². The number of hydrogen-bond acceptors (Lipinski definition) is 5. The van der Waals surface area contributed by atoms with Crippen LogP contribution in [-0.2, 0) is 11.8 Å². The van der Waals surface area contributed by atoms with Crippen LogP contribution in [0.4, 0.5) is 9.52 Å². The second-order valence-electron chi connectivity index (χ2n) is 6.27. The van der Waals surface area contributed by atoms with Crippen LogP contribution < -0.4 is 10.1 Å². The first-order valence-corrected chi connectivity index (χ1v) is 9.02. The molecule has 1 aliphatic carbocycles. The van der Waals surface area contributed by atoms with Gasteiger partial charge in [-0.2, -0.15) is 5.10 Å². The molecular formula is C18H17FN4O2S. The molecule has 0 bridgehead atoms. The maximum Gasteiger partial charge on any atom is 0.229 e. The highest BCUT2D eigenvalue weighted by Gasteiger charge is 2.44. The number of amides is 1. The van der Waals surface area contributed by atoms with E-state index in [4.69, 9.17) is 4.74 Å². The Bertz CT molecular complexity index is 968. The molecule has 0 saturated heterocycles. The molecule has 26 heavy (non-hydrogen) atoms. The van der Waals surface area contributed by atoms with Crippen LogP contribution in [0.1, 0.15) is 17.9 Å². The fourth-order valence-corrected chi connectivity index (χ4v) is 3.69. The van der Waals surface area contributed by atoms with Gasteiger partial charge >= 0.3 is 0 Å². The summed E-state index contributed by atoms with van der Waals surface area (Å²) in [6.45, 7) is 0. The molecule has 134 valence electrons. The summed E-state index contributed by atoms with van der Waals surface area (Å²) in [5, 5.41) is 9.31. The predicted molar refractivity (Wildman–Crippen MR) is 96.7 cm³/mol. The van der Waals surface area contributed by atoms with Crippen molar-refractivity contribution in [2.24, 2.45) is 13.0 Å². The molecule has 3 aromatic rings. The molecule has 6 nitrogen and oxygen atoms in total. The molecule has 2 unspecified atom stereocenters. The van der Waals surface area contributed by atoms with Crippen LogP contribution in [0.2, 0.25) is 0 Å². The molecule has 2 heterocycles. The number of carbonyl (C=O) groups is 1. The number of methoxy groups -OCH3 is 1. The minimum atomic E-state index is -0.444. The summed E-state index contributed by atoms with van der Waals surface area (Å²) in [7, 11) is 3.28. The molecule has 1 aliphatic rings. The largest absolute Gasteiger partial charge is 0.494 e. The zero-order chi connectivity index (χ0) is 18.3. The number of benzene rings is 1. The van der Waals surface area contributed by atoms with Crippen molar-refractivity contribution in [2.75, 3.05) is 12.4 Å². The molecule has 4 rings (SSSR count). The third-order valence-electron chi connectivity index (χ3n) is 4.46. The van der Waals surface area contributed by atoms with Crippen LogP contribution in [-0.4, -0.2) is 27.8 Å². The lowest BCUT2D eigenvalue weighted by atomic mass is 10.1. The number of aryl methyl sites for hydroxylation is 1. The third-order valence-corrected chi connectivity index (χ3v) is 5.22. The zero-order valence-electron chi connectivity index (χ0n) is 14.3. The van der Waals surface area contributed by atoms with Gasteiger partial charge in [0.1, 0.15) is 0 Å². The van der Waals surface area contributed by atoms with Gasteiger partial charge in [-0.3, -0.25) is 9.48 Å². The SMILES string of the molecule is COc1ccc(-c2csc(NC(=O)C3CC3c3cnn(C)c3)n2)cc1F. The van der Waals surface area contributed by atoms with Gasteiger partial charge in [0.05, 0.1) is 19.0 Å². The van der Waals surface area contributed by atoms with Gasteiger partial charge < -0.3 is 10.1 Å². The Morgan fingerprint density at radius 3 is 3.00 bits per heavy atom. The van der Waals surface area contributed by atoms with Crippen LogP contribution in [0, 0.1) is 11.7 Å². The summed E-state index contributed by atoms with van der Waals surface area (Å²) >= 11 is 1.32. The number of hydrogen-bond donors (Lipinski definition) is 1. The quantitative estimate of drug-likeness (QED) is 0.745. The van der Waals surface area contributed by atoms with Gasteiger partial charge in [0.15, 0.2) is 16.7 Å². The molecule has 2 atom stereocenters. The van der Waals surface area contributed by atoms with E-state index in [-0.39, 0.29) is 23.5 Å². The van der Waals surface area contributed by atoms with E-state index in [1.54, 1.807) is 28.4 Å². The molecule has 0 spiro atoms. The number of halogens is 1. The lowest BCUT2D eigenvalue weighted by Crippen LogP contribution is -2.14. The van der Waals surface area contributed by atoms with Gasteiger partial charge in [0.2, 0.25) is 5.91 Å². The van der Waals surface area contributed by atoms with Crippen molar-refractivity contribution in [1.82, 2.24) is 14.8 Å². The molecular weight excluding hydrogens is 355 g/mol. The van der Waals surface area contributed by atoms with Gasteiger partial charge in [-0.15, -0.1) is 11.3 Å². The number of anilines is 1.